The summed E-state index contributed by atoms with van der Waals surface area (Å²) in [6.45, 7) is 0. The molecule has 20 heavy (non-hydrogen) atoms. The van der Waals surface area contributed by atoms with Crippen molar-refractivity contribution >= 4 is 21.6 Å². The van der Waals surface area contributed by atoms with E-state index in [2.05, 4.69) is 0 Å². The number of halogens is 1. The molecule has 0 aromatic heterocycles. The molecule has 5 nitrogen and oxygen atoms in total. The average molecular weight is 314 g/mol. The zero-order valence-electron chi connectivity index (χ0n) is 10.5. The van der Waals surface area contributed by atoms with Gasteiger partial charge in [0, 0.05) is 6.07 Å². The first-order chi connectivity index (χ1) is 9.40. The van der Waals surface area contributed by atoms with Crippen LogP contribution in [0.4, 0.5) is 0 Å². The predicted octanol–water partition coefficient (Wildman–Crippen LogP) is 2.79. The van der Waals surface area contributed by atoms with Crippen LogP contribution >= 0.6 is 11.6 Å². The lowest BCUT2D eigenvalue weighted by Crippen LogP contribution is -2.11. The molecule has 2 aromatic carbocycles. The van der Waals surface area contributed by atoms with E-state index >= 15 is 0 Å². The third-order valence-electron chi connectivity index (χ3n) is 2.50. The Balaban J connectivity index is 2.30. The van der Waals surface area contributed by atoms with E-state index in [1.54, 1.807) is 31.4 Å². The van der Waals surface area contributed by atoms with Gasteiger partial charge in [0.2, 0.25) is 10.0 Å². The van der Waals surface area contributed by atoms with Crippen LogP contribution in [-0.4, -0.2) is 15.5 Å². The molecule has 0 fully saturated rings. The number of hydrogen-bond donors (Lipinski definition) is 1. The van der Waals surface area contributed by atoms with Gasteiger partial charge in [-0.2, -0.15) is 0 Å². The number of rotatable bonds is 4. The van der Waals surface area contributed by atoms with E-state index in [4.69, 9.17) is 26.2 Å². The molecule has 0 atom stereocenters. The van der Waals surface area contributed by atoms with Crippen molar-refractivity contribution in [3.05, 3.63) is 47.5 Å². The molecule has 0 heterocycles. The van der Waals surface area contributed by atoms with E-state index in [1.807, 2.05) is 0 Å². The highest BCUT2D eigenvalue weighted by Gasteiger charge is 2.12. The third-order valence-corrected chi connectivity index (χ3v) is 3.71. The monoisotopic (exact) mass is 313 g/mol. The fourth-order valence-corrected chi connectivity index (χ4v) is 2.36. The summed E-state index contributed by atoms with van der Waals surface area (Å²) in [6, 6.07) is 11.0. The third kappa shape index (κ3) is 3.41. The minimum absolute atomic E-state index is 0.0690. The van der Waals surface area contributed by atoms with Gasteiger partial charge in [-0.3, -0.25) is 0 Å². The van der Waals surface area contributed by atoms with Crippen LogP contribution < -0.4 is 14.6 Å². The number of nitrogens with two attached hydrogens (primary N) is 1. The molecule has 106 valence electrons. The number of primary sulfonamides is 1. The summed E-state index contributed by atoms with van der Waals surface area (Å²) in [4.78, 5) is -0.0690. The molecule has 0 aliphatic heterocycles. The van der Waals surface area contributed by atoms with Crippen LogP contribution in [0.15, 0.2) is 47.4 Å². The van der Waals surface area contributed by atoms with E-state index in [0.717, 1.165) is 0 Å². The van der Waals surface area contributed by atoms with Gasteiger partial charge in [0.15, 0.2) is 0 Å². The van der Waals surface area contributed by atoms with Crippen molar-refractivity contribution in [2.45, 2.75) is 4.90 Å². The minimum atomic E-state index is -3.79. The Morgan fingerprint density at radius 1 is 1.10 bits per heavy atom. The quantitative estimate of drug-likeness (QED) is 0.941. The molecule has 2 aromatic rings. The summed E-state index contributed by atoms with van der Waals surface area (Å²) < 4.78 is 33.0. The second-order valence-corrected chi connectivity index (χ2v) is 5.89. The van der Waals surface area contributed by atoms with E-state index in [-0.39, 0.29) is 9.92 Å². The summed E-state index contributed by atoms with van der Waals surface area (Å²) in [5, 5.41) is 5.17. The first-order valence-corrected chi connectivity index (χ1v) is 7.47. The molecule has 0 bridgehead atoms. The Bertz CT molecular complexity index is 731. The molecule has 0 saturated heterocycles. The maximum absolute atomic E-state index is 11.2. The Hall–Kier alpha value is -1.76. The summed E-state index contributed by atoms with van der Waals surface area (Å²) >= 11 is 5.98. The first-order valence-electron chi connectivity index (χ1n) is 5.54. The van der Waals surface area contributed by atoms with Crippen molar-refractivity contribution in [3.8, 4) is 17.2 Å². The smallest absolute Gasteiger partial charge is 0.238 e. The average Bonchev–Trinajstić information content (AvgIpc) is 2.40. The molecular formula is C13H12ClNO4S. The van der Waals surface area contributed by atoms with Gasteiger partial charge in [0.05, 0.1) is 17.0 Å². The van der Waals surface area contributed by atoms with Crippen LogP contribution in [0.3, 0.4) is 0 Å². The first kappa shape index (κ1) is 14.6. The fraction of sp³-hybridized carbons (Fsp3) is 0.0769. The maximum atomic E-state index is 11.2. The molecule has 0 amide bonds. The van der Waals surface area contributed by atoms with Crippen LogP contribution in [0, 0.1) is 0 Å². The molecular weight excluding hydrogens is 302 g/mol. The maximum Gasteiger partial charge on any atom is 0.238 e. The number of hydrogen-bond acceptors (Lipinski definition) is 4. The van der Waals surface area contributed by atoms with Crippen molar-refractivity contribution in [2.75, 3.05) is 7.11 Å². The minimum Gasteiger partial charge on any atom is -0.497 e. The number of ether oxygens (including phenoxy) is 2. The Labute approximate surface area is 121 Å². The highest BCUT2D eigenvalue weighted by atomic mass is 35.5. The molecule has 0 aliphatic carbocycles. The predicted molar refractivity (Wildman–Crippen MR) is 75.9 cm³/mol. The van der Waals surface area contributed by atoms with E-state index in [1.165, 1.54) is 18.2 Å². The molecule has 0 radical (unpaired) electrons. The van der Waals surface area contributed by atoms with E-state index < -0.39 is 10.0 Å². The lowest BCUT2D eigenvalue weighted by molar-refractivity contribution is 0.409. The van der Waals surface area contributed by atoms with Crippen molar-refractivity contribution < 1.29 is 17.9 Å². The SMILES string of the molecule is COc1cccc(Oc2ccc(S(N)(=O)=O)cc2Cl)c1. The van der Waals surface area contributed by atoms with Crippen LogP contribution in [0.25, 0.3) is 0 Å². The molecule has 2 rings (SSSR count). The standard InChI is InChI=1S/C13H12ClNO4S/c1-18-9-3-2-4-10(7-9)19-13-6-5-11(8-12(13)14)20(15,16)17/h2-8H,1H3,(H2,15,16,17). The number of methoxy groups -OCH3 is 1. The number of benzene rings is 2. The summed E-state index contributed by atoms with van der Waals surface area (Å²) in [7, 11) is -2.24. The normalized spacial score (nSPS) is 11.2. The summed E-state index contributed by atoms with van der Waals surface area (Å²) in [5.41, 5.74) is 0. The Morgan fingerprint density at radius 3 is 2.40 bits per heavy atom. The van der Waals surface area contributed by atoms with Crippen LogP contribution in [0.2, 0.25) is 5.02 Å². The number of sulfonamides is 1. The Morgan fingerprint density at radius 2 is 1.80 bits per heavy atom. The summed E-state index contributed by atoms with van der Waals surface area (Å²) in [6.07, 6.45) is 0. The lowest BCUT2D eigenvalue weighted by atomic mass is 10.3. The zero-order chi connectivity index (χ0) is 14.8. The highest BCUT2D eigenvalue weighted by molar-refractivity contribution is 7.89. The largest absolute Gasteiger partial charge is 0.497 e. The van der Waals surface area contributed by atoms with Gasteiger partial charge in [-0.1, -0.05) is 17.7 Å². The zero-order valence-corrected chi connectivity index (χ0v) is 12.1. The van der Waals surface area contributed by atoms with Crippen molar-refractivity contribution in [3.63, 3.8) is 0 Å². The van der Waals surface area contributed by atoms with Crippen molar-refractivity contribution in [1.82, 2.24) is 0 Å². The van der Waals surface area contributed by atoms with Gasteiger partial charge in [-0.25, -0.2) is 13.6 Å². The molecule has 0 aliphatic rings. The van der Waals surface area contributed by atoms with E-state index in [9.17, 15) is 8.42 Å². The molecule has 0 saturated carbocycles. The molecule has 0 unspecified atom stereocenters. The second-order valence-electron chi connectivity index (χ2n) is 3.92. The topological polar surface area (TPSA) is 78.6 Å². The van der Waals surface area contributed by atoms with E-state index in [0.29, 0.717) is 17.2 Å². The summed E-state index contributed by atoms with van der Waals surface area (Å²) in [5.74, 6) is 1.49. The van der Waals surface area contributed by atoms with Gasteiger partial charge in [0.25, 0.3) is 0 Å². The van der Waals surface area contributed by atoms with Gasteiger partial charge in [0.1, 0.15) is 17.2 Å². The fourth-order valence-electron chi connectivity index (χ4n) is 1.53. The highest BCUT2D eigenvalue weighted by Crippen LogP contribution is 2.32. The second kappa shape index (κ2) is 5.70. The lowest BCUT2D eigenvalue weighted by Gasteiger charge is -2.09. The molecule has 0 spiro atoms. The van der Waals surface area contributed by atoms with Crippen LogP contribution in [0.1, 0.15) is 0 Å². The van der Waals surface area contributed by atoms with Gasteiger partial charge in [-0.15, -0.1) is 0 Å². The Kier molecular flexibility index (Phi) is 4.17. The van der Waals surface area contributed by atoms with Gasteiger partial charge < -0.3 is 9.47 Å². The van der Waals surface area contributed by atoms with Gasteiger partial charge >= 0.3 is 0 Å². The van der Waals surface area contributed by atoms with Crippen molar-refractivity contribution in [1.29, 1.82) is 0 Å². The molecule has 2 N–H and O–H groups in total. The van der Waals surface area contributed by atoms with Gasteiger partial charge in [-0.05, 0) is 30.3 Å². The van der Waals surface area contributed by atoms with Crippen LogP contribution in [-0.2, 0) is 10.0 Å². The van der Waals surface area contributed by atoms with Crippen molar-refractivity contribution in [2.24, 2.45) is 5.14 Å². The van der Waals surface area contributed by atoms with Crippen LogP contribution in [0.5, 0.6) is 17.2 Å². The molecule has 7 heteroatoms.